The Labute approximate surface area is 137 Å². The summed E-state index contributed by atoms with van der Waals surface area (Å²) >= 11 is 0. The van der Waals surface area contributed by atoms with Crippen LogP contribution >= 0.6 is 0 Å². The smallest absolute Gasteiger partial charge is 0.0344 e. The number of nitrogens with zero attached hydrogens (tertiary/aromatic N) is 1. The average Bonchev–Trinajstić information content (AvgIpc) is 2.52. The van der Waals surface area contributed by atoms with Crippen LogP contribution in [0.15, 0.2) is 47.0 Å². The van der Waals surface area contributed by atoms with Crippen LogP contribution in [-0.4, -0.2) is 12.8 Å². The van der Waals surface area contributed by atoms with Crippen molar-refractivity contribution in [2.24, 2.45) is 4.99 Å². The average molecular weight is 300 g/mol. The maximum absolute atomic E-state index is 4.36. The Kier molecular flexibility index (Phi) is 10.4. The Balaban J connectivity index is 1.94. The zero-order valence-corrected chi connectivity index (χ0v) is 14.8. The van der Waals surface area contributed by atoms with Gasteiger partial charge in [-0.25, -0.2) is 0 Å². The van der Waals surface area contributed by atoms with Gasteiger partial charge in [0, 0.05) is 12.8 Å². The highest BCUT2D eigenvalue weighted by atomic mass is 14.7. The number of benzene rings is 1. The van der Waals surface area contributed by atoms with Gasteiger partial charge in [0.05, 0.1) is 0 Å². The number of rotatable bonds is 11. The number of aryl methyl sites for hydroxylation is 1. The standard InChI is InChI=1S/C21H33N/c1-19(2)18-21(22-3)17-13-8-6-4-5-7-10-14-20-15-11-9-12-16-20/h9,11-12,15-16,18H,4-8,10,13-14,17H2,1-3H3. The van der Waals surface area contributed by atoms with E-state index in [1.54, 1.807) is 0 Å². The molecule has 0 saturated heterocycles. The normalized spacial score (nSPS) is 11.5. The van der Waals surface area contributed by atoms with Crippen molar-refractivity contribution in [3.8, 4) is 0 Å². The quantitative estimate of drug-likeness (QED) is 0.332. The van der Waals surface area contributed by atoms with Crippen LogP contribution in [0.3, 0.4) is 0 Å². The molecule has 1 aromatic carbocycles. The van der Waals surface area contributed by atoms with E-state index >= 15 is 0 Å². The highest BCUT2D eigenvalue weighted by Crippen LogP contribution is 2.12. The molecule has 0 fully saturated rings. The number of aliphatic imine (C=N–C) groups is 1. The molecule has 0 spiro atoms. The fourth-order valence-corrected chi connectivity index (χ4v) is 2.75. The van der Waals surface area contributed by atoms with Gasteiger partial charge in [-0.3, -0.25) is 4.99 Å². The predicted molar refractivity (Wildman–Crippen MR) is 99.9 cm³/mol. The first-order valence-corrected chi connectivity index (χ1v) is 8.87. The summed E-state index contributed by atoms with van der Waals surface area (Å²) in [6.45, 7) is 4.28. The molecule has 0 amide bonds. The molecular weight excluding hydrogens is 266 g/mol. The third kappa shape index (κ3) is 9.55. The lowest BCUT2D eigenvalue weighted by atomic mass is 10.0. The van der Waals surface area contributed by atoms with Crippen molar-refractivity contribution < 1.29 is 0 Å². The highest BCUT2D eigenvalue weighted by molar-refractivity contribution is 5.95. The first-order chi connectivity index (χ1) is 10.7. The molecule has 0 aromatic heterocycles. The van der Waals surface area contributed by atoms with E-state index in [0.29, 0.717) is 0 Å². The summed E-state index contributed by atoms with van der Waals surface area (Å²) in [6.07, 6.45) is 14.0. The minimum absolute atomic E-state index is 1.13. The summed E-state index contributed by atoms with van der Waals surface area (Å²) < 4.78 is 0. The van der Waals surface area contributed by atoms with Crippen molar-refractivity contribution in [3.63, 3.8) is 0 Å². The first-order valence-electron chi connectivity index (χ1n) is 8.87. The zero-order valence-electron chi connectivity index (χ0n) is 14.8. The van der Waals surface area contributed by atoms with E-state index in [9.17, 15) is 0 Å². The molecule has 1 aromatic rings. The van der Waals surface area contributed by atoms with Crippen molar-refractivity contribution in [1.29, 1.82) is 0 Å². The van der Waals surface area contributed by atoms with Gasteiger partial charge in [-0.05, 0) is 51.2 Å². The van der Waals surface area contributed by atoms with Gasteiger partial charge < -0.3 is 0 Å². The second-order valence-corrected chi connectivity index (χ2v) is 6.40. The number of allylic oxidation sites excluding steroid dienone is 2. The van der Waals surface area contributed by atoms with Gasteiger partial charge in [0.2, 0.25) is 0 Å². The Bertz CT molecular complexity index is 438. The lowest BCUT2D eigenvalue weighted by Gasteiger charge is -2.04. The highest BCUT2D eigenvalue weighted by Gasteiger charge is 1.97. The summed E-state index contributed by atoms with van der Waals surface area (Å²) in [5.74, 6) is 0. The molecule has 122 valence electrons. The Morgan fingerprint density at radius 2 is 1.45 bits per heavy atom. The molecule has 0 unspecified atom stereocenters. The van der Waals surface area contributed by atoms with Crippen LogP contribution in [0.1, 0.15) is 70.8 Å². The minimum atomic E-state index is 1.13. The molecule has 0 saturated carbocycles. The summed E-state index contributed by atoms with van der Waals surface area (Å²) in [5.41, 5.74) is 4.08. The van der Waals surface area contributed by atoms with E-state index in [-0.39, 0.29) is 0 Å². The Hall–Kier alpha value is -1.37. The maximum atomic E-state index is 4.36. The molecule has 0 aliphatic heterocycles. The molecule has 0 atom stereocenters. The number of unbranched alkanes of at least 4 members (excludes halogenated alkanes) is 6. The van der Waals surface area contributed by atoms with E-state index in [2.05, 4.69) is 55.2 Å². The lowest BCUT2D eigenvalue weighted by molar-refractivity contribution is 0.584. The predicted octanol–water partition coefficient (Wildman–Crippen LogP) is 6.39. The van der Waals surface area contributed by atoms with Crippen LogP contribution < -0.4 is 0 Å². The lowest BCUT2D eigenvalue weighted by Crippen LogP contribution is -1.94. The second kappa shape index (κ2) is 12.2. The summed E-state index contributed by atoms with van der Waals surface area (Å²) in [7, 11) is 1.90. The van der Waals surface area contributed by atoms with Gasteiger partial charge in [-0.2, -0.15) is 0 Å². The van der Waals surface area contributed by atoms with Gasteiger partial charge in [-0.15, -0.1) is 0 Å². The molecule has 0 N–H and O–H groups in total. The fourth-order valence-electron chi connectivity index (χ4n) is 2.75. The maximum Gasteiger partial charge on any atom is 0.0344 e. The van der Waals surface area contributed by atoms with Crippen molar-refractivity contribution >= 4 is 5.71 Å². The van der Waals surface area contributed by atoms with E-state index < -0.39 is 0 Å². The van der Waals surface area contributed by atoms with Crippen molar-refractivity contribution in [3.05, 3.63) is 47.5 Å². The number of hydrogen-bond donors (Lipinski definition) is 0. The van der Waals surface area contributed by atoms with Gasteiger partial charge in [0.1, 0.15) is 0 Å². The van der Waals surface area contributed by atoms with Crippen LogP contribution in [0.2, 0.25) is 0 Å². The monoisotopic (exact) mass is 299 g/mol. The fraction of sp³-hybridized carbons (Fsp3) is 0.571. The van der Waals surface area contributed by atoms with Crippen molar-refractivity contribution in [1.82, 2.24) is 0 Å². The zero-order chi connectivity index (χ0) is 16.0. The Morgan fingerprint density at radius 1 is 0.864 bits per heavy atom. The Morgan fingerprint density at radius 3 is 2.05 bits per heavy atom. The van der Waals surface area contributed by atoms with Gasteiger partial charge in [0.15, 0.2) is 0 Å². The third-order valence-electron chi connectivity index (χ3n) is 3.98. The molecule has 0 bridgehead atoms. The van der Waals surface area contributed by atoms with Gasteiger partial charge >= 0.3 is 0 Å². The van der Waals surface area contributed by atoms with E-state index in [1.807, 2.05) is 7.05 Å². The first kappa shape index (κ1) is 18.7. The van der Waals surface area contributed by atoms with Crippen LogP contribution in [0.4, 0.5) is 0 Å². The summed E-state index contributed by atoms with van der Waals surface area (Å²) in [4.78, 5) is 4.36. The molecule has 0 radical (unpaired) electrons. The molecule has 1 rings (SSSR count). The van der Waals surface area contributed by atoms with E-state index in [1.165, 1.54) is 68.2 Å². The molecule has 1 heteroatoms. The van der Waals surface area contributed by atoms with Crippen molar-refractivity contribution in [2.75, 3.05) is 7.05 Å². The summed E-state index contributed by atoms with van der Waals surface area (Å²) in [5, 5.41) is 0. The summed E-state index contributed by atoms with van der Waals surface area (Å²) in [6, 6.07) is 10.8. The largest absolute Gasteiger partial charge is 0.293 e. The molecule has 1 nitrogen and oxygen atoms in total. The van der Waals surface area contributed by atoms with E-state index in [0.717, 1.165) is 6.42 Å². The van der Waals surface area contributed by atoms with E-state index in [4.69, 9.17) is 0 Å². The minimum Gasteiger partial charge on any atom is -0.293 e. The van der Waals surface area contributed by atoms with Crippen molar-refractivity contribution in [2.45, 2.75) is 71.6 Å². The topological polar surface area (TPSA) is 12.4 Å². The molecular formula is C21H33N. The van der Waals surface area contributed by atoms with Crippen LogP contribution in [0, 0.1) is 0 Å². The van der Waals surface area contributed by atoms with Crippen LogP contribution in [-0.2, 0) is 6.42 Å². The van der Waals surface area contributed by atoms with Gasteiger partial charge in [0.25, 0.3) is 0 Å². The molecule has 22 heavy (non-hydrogen) atoms. The van der Waals surface area contributed by atoms with Gasteiger partial charge in [-0.1, -0.05) is 68.0 Å². The third-order valence-corrected chi connectivity index (χ3v) is 3.98. The molecule has 0 aliphatic carbocycles. The van der Waals surface area contributed by atoms with Crippen LogP contribution in [0.25, 0.3) is 0 Å². The molecule has 0 heterocycles. The molecule has 0 aliphatic rings. The second-order valence-electron chi connectivity index (χ2n) is 6.40. The number of hydrogen-bond acceptors (Lipinski definition) is 1. The van der Waals surface area contributed by atoms with Crippen LogP contribution in [0.5, 0.6) is 0 Å². The SMILES string of the molecule is CN=C(C=C(C)C)CCCCCCCCCc1ccccc1.